The summed E-state index contributed by atoms with van der Waals surface area (Å²) < 4.78 is 1.91. The van der Waals surface area contributed by atoms with Gasteiger partial charge in [-0.15, -0.1) is 0 Å². The first-order valence-electron chi connectivity index (χ1n) is 8.81. The highest BCUT2D eigenvalue weighted by molar-refractivity contribution is 5.37. The lowest BCUT2D eigenvalue weighted by Gasteiger charge is -2.42. The van der Waals surface area contributed by atoms with Crippen molar-refractivity contribution in [2.24, 2.45) is 13.0 Å². The van der Waals surface area contributed by atoms with Gasteiger partial charge in [0, 0.05) is 50.2 Å². The molecule has 3 heterocycles. The van der Waals surface area contributed by atoms with Crippen molar-refractivity contribution in [3.63, 3.8) is 0 Å². The molecule has 2 aromatic heterocycles. The molecular formula is C18H28N6. The number of aryl methyl sites for hydroxylation is 2. The summed E-state index contributed by atoms with van der Waals surface area (Å²) >= 11 is 0. The predicted molar refractivity (Wildman–Crippen MR) is 96.0 cm³/mol. The van der Waals surface area contributed by atoms with Gasteiger partial charge in [0.2, 0.25) is 0 Å². The third kappa shape index (κ3) is 3.59. The molecule has 0 spiro atoms. The number of aromatic nitrogens is 4. The van der Waals surface area contributed by atoms with Gasteiger partial charge in [-0.25, -0.2) is 9.97 Å². The quantitative estimate of drug-likeness (QED) is 0.844. The summed E-state index contributed by atoms with van der Waals surface area (Å²) in [6, 6.07) is 2.49. The van der Waals surface area contributed by atoms with Gasteiger partial charge in [-0.2, -0.15) is 5.10 Å². The predicted octanol–water partition coefficient (Wildman–Crippen LogP) is 2.43. The van der Waals surface area contributed by atoms with Crippen LogP contribution in [0.25, 0.3) is 0 Å². The molecule has 1 saturated heterocycles. The zero-order valence-corrected chi connectivity index (χ0v) is 15.2. The van der Waals surface area contributed by atoms with Crippen LogP contribution in [0.2, 0.25) is 0 Å². The monoisotopic (exact) mass is 328 g/mol. The van der Waals surface area contributed by atoms with Gasteiger partial charge >= 0.3 is 0 Å². The molecule has 0 bridgehead atoms. The van der Waals surface area contributed by atoms with Gasteiger partial charge in [-0.3, -0.25) is 9.58 Å². The highest BCUT2D eigenvalue weighted by Gasteiger charge is 2.33. The van der Waals surface area contributed by atoms with Gasteiger partial charge in [0.1, 0.15) is 12.1 Å². The summed E-state index contributed by atoms with van der Waals surface area (Å²) in [5.74, 6) is 1.57. The second-order valence-corrected chi connectivity index (χ2v) is 6.82. The number of nitrogens with zero attached hydrogens (tertiary/aromatic N) is 6. The second kappa shape index (κ2) is 7.30. The molecule has 0 unspecified atom stereocenters. The fraction of sp³-hybridized carbons (Fsp3) is 0.611. The van der Waals surface area contributed by atoms with Gasteiger partial charge < -0.3 is 4.90 Å². The Morgan fingerprint density at radius 2 is 2.17 bits per heavy atom. The van der Waals surface area contributed by atoms with Crippen molar-refractivity contribution in [3.05, 3.63) is 36.0 Å². The zero-order valence-electron chi connectivity index (χ0n) is 15.2. The van der Waals surface area contributed by atoms with Crippen LogP contribution in [0.1, 0.15) is 37.1 Å². The summed E-state index contributed by atoms with van der Waals surface area (Å²) in [7, 11) is 4.13. The SMILES string of the molecule is CCN1CCC[C@@H](CN(C)c2cc(C)ncn2)[C@@H]1c1cnn(C)c1. The fourth-order valence-electron chi connectivity index (χ4n) is 3.87. The van der Waals surface area contributed by atoms with Crippen molar-refractivity contribution in [2.75, 3.05) is 31.6 Å². The molecule has 3 rings (SSSR count). The lowest BCUT2D eigenvalue weighted by molar-refractivity contribution is 0.101. The highest BCUT2D eigenvalue weighted by atomic mass is 15.3. The zero-order chi connectivity index (χ0) is 17.1. The largest absolute Gasteiger partial charge is 0.359 e. The Balaban J connectivity index is 1.81. The molecule has 2 atom stereocenters. The molecule has 0 saturated carbocycles. The molecule has 0 amide bonds. The second-order valence-electron chi connectivity index (χ2n) is 6.82. The molecule has 130 valence electrons. The molecule has 0 aliphatic carbocycles. The fourth-order valence-corrected chi connectivity index (χ4v) is 3.87. The lowest BCUT2D eigenvalue weighted by atomic mass is 9.85. The van der Waals surface area contributed by atoms with Crippen LogP contribution in [-0.4, -0.2) is 51.3 Å². The van der Waals surface area contributed by atoms with E-state index in [1.165, 1.54) is 24.9 Å². The molecule has 2 aromatic rings. The standard InChI is InChI=1S/C18H28N6/c1-5-24-8-6-7-15(18(24)16-10-21-23(4)12-16)11-22(3)17-9-14(2)19-13-20-17/h9-10,12-13,15,18H,5-8,11H2,1-4H3/t15-,18+/m0/s1. The number of hydrogen-bond acceptors (Lipinski definition) is 5. The average Bonchev–Trinajstić information content (AvgIpc) is 3.00. The van der Waals surface area contributed by atoms with E-state index in [9.17, 15) is 0 Å². The van der Waals surface area contributed by atoms with Gasteiger partial charge in [-0.1, -0.05) is 6.92 Å². The number of anilines is 1. The van der Waals surface area contributed by atoms with Crippen LogP contribution in [0.15, 0.2) is 24.8 Å². The molecular weight excluding hydrogens is 300 g/mol. The van der Waals surface area contributed by atoms with Gasteiger partial charge in [-0.05, 0) is 38.8 Å². The third-order valence-electron chi connectivity index (χ3n) is 5.02. The van der Waals surface area contributed by atoms with Crippen LogP contribution in [0.4, 0.5) is 5.82 Å². The molecule has 0 radical (unpaired) electrons. The van der Waals surface area contributed by atoms with Gasteiger partial charge in [0.05, 0.1) is 6.20 Å². The minimum absolute atomic E-state index is 0.433. The Bertz CT molecular complexity index is 667. The summed E-state index contributed by atoms with van der Waals surface area (Å²) in [5.41, 5.74) is 2.34. The van der Waals surface area contributed by atoms with Gasteiger partial charge in [0.15, 0.2) is 0 Å². The van der Waals surface area contributed by atoms with E-state index < -0.39 is 0 Å². The topological polar surface area (TPSA) is 50.1 Å². The molecule has 1 aliphatic rings. The van der Waals surface area contributed by atoms with Crippen LogP contribution in [0.3, 0.4) is 0 Å². The summed E-state index contributed by atoms with van der Waals surface area (Å²) in [5, 5.41) is 4.40. The van der Waals surface area contributed by atoms with Crippen LogP contribution < -0.4 is 4.90 Å². The van der Waals surface area contributed by atoms with Crippen molar-refractivity contribution >= 4 is 5.82 Å². The van der Waals surface area contributed by atoms with E-state index in [4.69, 9.17) is 0 Å². The molecule has 1 aliphatic heterocycles. The Kier molecular flexibility index (Phi) is 5.14. The summed E-state index contributed by atoms with van der Waals surface area (Å²) in [6.45, 7) is 7.50. The number of piperidine rings is 1. The van der Waals surface area contributed by atoms with E-state index >= 15 is 0 Å². The van der Waals surface area contributed by atoms with E-state index in [-0.39, 0.29) is 0 Å². The first-order valence-corrected chi connectivity index (χ1v) is 8.81. The lowest BCUT2D eigenvalue weighted by Crippen LogP contribution is -2.43. The summed E-state index contributed by atoms with van der Waals surface area (Å²) in [4.78, 5) is 13.5. The first-order chi connectivity index (χ1) is 11.6. The molecule has 6 heteroatoms. The van der Waals surface area contributed by atoms with Crippen molar-refractivity contribution < 1.29 is 0 Å². The Morgan fingerprint density at radius 3 is 2.83 bits per heavy atom. The van der Waals surface area contributed by atoms with Crippen molar-refractivity contribution in [2.45, 2.75) is 32.7 Å². The molecule has 0 aromatic carbocycles. The van der Waals surface area contributed by atoms with Crippen LogP contribution in [-0.2, 0) is 7.05 Å². The Morgan fingerprint density at radius 1 is 1.33 bits per heavy atom. The average molecular weight is 328 g/mol. The normalized spacial score (nSPS) is 21.8. The van der Waals surface area contributed by atoms with Crippen LogP contribution in [0.5, 0.6) is 0 Å². The number of hydrogen-bond donors (Lipinski definition) is 0. The van der Waals surface area contributed by atoms with E-state index in [1.807, 2.05) is 24.9 Å². The summed E-state index contributed by atoms with van der Waals surface area (Å²) in [6.07, 6.45) is 8.34. The minimum atomic E-state index is 0.433. The van der Waals surface area contributed by atoms with Crippen molar-refractivity contribution in [1.82, 2.24) is 24.6 Å². The third-order valence-corrected chi connectivity index (χ3v) is 5.02. The van der Waals surface area contributed by atoms with Gasteiger partial charge in [0.25, 0.3) is 0 Å². The molecule has 6 nitrogen and oxygen atoms in total. The van der Waals surface area contributed by atoms with E-state index in [2.05, 4.69) is 51.1 Å². The van der Waals surface area contributed by atoms with Crippen molar-refractivity contribution in [3.8, 4) is 0 Å². The maximum atomic E-state index is 4.43. The maximum absolute atomic E-state index is 4.43. The highest BCUT2D eigenvalue weighted by Crippen LogP contribution is 2.36. The Hall–Kier alpha value is -1.95. The van der Waals surface area contributed by atoms with E-state index in [1.54, 1.807) is 6.33 Å². The molecule has 24 heavy (non-hydrogen) atoms. The maximum Gasteiger partial charge on any atom is 0.131 e. The van der Waals surface area contributed by atoms with E-state index in [0.29, 0.717) is 12.0 Å². The van der Waals surface area contributed by atoms with Crippen LogP contribution >= 0.6 is 0 Å². The van der Waals surface area contributed by atoms with E-state index in [0.717, 1.165) is 24.6 Å². The first kappa shape index (κ1) is 16.9. The van der Waals surface area contributed by atoms with Crippen molar-refractivity contribution in [1.29, 1.82) is 0 Å². The van der Waals surface area contributed by atoms with Crippen LogP contribution in [0, 0.1) is 12.8 Å². The number of rotatable bonds is 5. The minimum Gasteiger partial charge on any atom is -0.359 e. The molecule has 1 fully saturated rings. The Labute approximate surface area is 144 Å². The smallest absolute Gasteiger partial charge is 0.131 e. The molecule has 0 N–H and O–H groups in total. The number of likely N-dealkylation sites (tertiary alicyclic amines) is 1.